The van der Waals surface area contributed by atoms with E-state index in [4.69, 9.17) is 16.3 Å². The maximum Gasteiger partial charge on any atom is 0.131 e. The predicted octanol–water partition coefficient (Wildman–Crippen LogP) is 3.59. The van der Waals surface area contributed by atoms with Gasteiger partial charge in [0.05, 0.1) is 0 Å². The van der Waals surface area contributed by atoms with Crippen LogP contribution < -0.4 is 10.1 Å². The minimum Gasteiger partial charge on any atom is -0.488 e. The first kappa shape index (κ1) is 12.0. The van der Waals surface area contributed by atoms with E-state index in [1.54, 1.807) is 11.3 Å². The van der Waals surface area contributed by atoms with Crippen LogP contribution in [0.25, 0.3) is 11.1 Å². The van der Waals surface area contributed by atoms with Crippen LogP contribution in [0.5, 0.6) is 5.75 Å². The average Bonchev–Trinajstić information content (AvgIpc) is 2.96. The van der Waals surface area contributed by atoms with Crippen molar-refractivity contribution in [3.8, 4) is 16.9 Å². The molecule has 0 spiro atoms. The number of benzene rings is 1. The highest BCUT2D eigenvalue weighted by Crippen LogP contribution is 2.41. The Balaban J connectivity index is 2.03. The van der Waals surface area contributed by atoms with E-state index in [0.29, 0.717) is 0 Å². The van der Waals surface area contributed by atoms with Gasteiger partial charge in [0, 0.05) is 23.6 Å². The first-order chi connectivity index (χ1) is 8.78. The molecule has 0 aliphatic carbocycles. The zero-order chi connectivity index (χ0) is 12.5. The van der Waals surface area contributed by atoms with Gasteiger partial charge in [-0.05, 0) is 47.1 Å². The van der Waals surface area contributed by atoms with E-state index in [0.717, 1.165) is 29.3 Å². The molecule has 0 bridgehead atoms. The highest BCUT2D eigenvalue weighted by Gasteiger charge is 2.26. The van der Waals surface area contributed by atoms with Gasteiger partial charge < -0.3 is 10.1 Å². The van der Waals surface area contributed by atoms with Gasteiger partial charge in [0.2, 0.25) is 0 Å². The van der Waals surface area contributed by atoms with E-state index >= 15 is 0 Å². The summed E-state index contributed by atoms with van der Waals surface area (Å²) < 4.78 is 6.04. The van der Waals surface area contributed by atoms with Crippen LogP contribution in [0.1, 0.15) is 5.56 Å². The molecule has 0 saturated heterocycles. The van der Waals surface area contributed by atoms with Gasteiger partial charge in [-0.2, -0.15) is 11.3 Å². The zero-order valence-corrected chi connectivity index (χ0v) is 11.6. The van der Waals surface area contributed by atoms with Crippen LogP contribution >= 0.6 is 22.9 Å². The van der Waals surface area contributed by atoms with Crippen LogP contribution in [0.2, 0.25) is 5.02 Å². The van der Waals surface area contributed by atoms with Gasteiger partial charge in [-0.25, -0.2) is 0 Å². The molecule has 1 aliphatic rings. The second-order valence-electron chi connectivity index (χ2n) is 4.46. The lowest BCUT2D eigenvalue weighted by atomic mass is 10.0. The second-order valence-corrected chi connectivity index (χ2v) is 5.67. The van der Waals surface area contributed by atoms with Gasteiger partial charge in [-0.3, -0.25) is 0 Å². The van der Waals surface area contributed by atoms with Crippen molar-refractivity contribution in [2.45, 2.75) is 12.5 Å². The highest BCUT2D eigenvalue weighted by molar-refractivity contribution is 7.08. The van der Waals surface area contributed by atoms with Gasteiger partial charge in [-0.1, -0.05) is 11.6 Å². The summed E-state index contributed by atoms with van der Waals surface area (Å²) in [6.45, 7) is 0.857. The molecule has 94 valence electrons. The average molecular weight is 280 g/mol. The molecule has 2 heterocycles. The summed E-state index contributed by atoms with van der Waals surface area (Å²) in [4.78, 5) is 0. The number of halogens is 1. The first-order valence-corrected chi connectivity index (χ1v) is 7.26. The Kier molecular flexibility index (Phi) is 3.29. The van der Waals surface area contributed by atoms with Gasteiger partial charge in [0.15, 0.2) is 0 Å². The smallest absolute Gasteiger partial charge is 0.131 e. The lowest BCUT2D eigenvalue weighted by Gasteiger charge is -2.11. The minimum atomic E-state index is 0.209. The van der Waals surface area contributed by atoms with Crippen molar-refractivity contribution in [3.05, 3.63) is 39.5 Å². The largest absolute Gasteiger partial charge is 0.488 e. The quantitative estimate of drug-likeness (QED) is 0.927. The Morgan fingerprint density at radius 1 is 1.50 bits per heavy atom. The molecule has 1 aromatic carbocycles. The fraction of sp³-hybridized carbons (Fsp3) is 0.286. The maximum atomic E-state index is 6.20. The van der Waals surface area contributed by atoms with Crippen molar-refractivity contribution in [2.75, 3.05) is 13.6 Å². The molecule has 1 atom stereocenters. The molecule has 1 N–H and O–H groups in total. The molecule has 0 amide bonds. The number of nitrogens with one attached hydrogen (secondary N) is 1. The van der Waals surface area contributed by atoms with Crippen LogP contribution in [0.3, 0.4) is 0 Å². The van der Waals surface area contributed by atoms with Gasteiger partial charge >= 0.3 is 0 Å². The molecule has 1 aliphatic heterocycles. The highest BCUT2D eigenvalue weighted by atomic mass is 35.5. The van der Waals surface area contributed by atoms with Crippen molar-refractivity contribution in [3.63, 3.8) is 0 Å². The summed E-state index contributed by atoms with van der Waals surface area (Å²) in [6.07, 6.45) is 1.13. The summed E-state index contributed by atoms with van der Waals surface area (Å²) in [7, 11) is 1.94. The number of likely N-dealkylation sites (N-methyl/N-ethyl adjacent to an activating group) is 1. The minimum absolute atomic E-state index is 0.209. The number of hydrogen-bond donors (Lipinski definition) is 1. The molecule has 0 unspecified atom stereocenters. The van der Waals surface area contributed by atoms with E-state index in [2.05, 4.69) is 22.1 Å². The van der Waals surface area contributed by atoms with E-state index < -0.39 is 0 Å². The van der Waals surface area contributed by atoms with Crippen molar-refractivity contribution in [1.29, 1.82) is 0 Å². The molecule has 0 fully saturated rings. The summed E-state index contributed by atoms with van der Waals surface area (Å²) in [5.74, 6) is 0.998. The van der Waals surface area contributed by atoms with Crippen molar-refractivity contribution >= 4 is 22.9 Å². The standard InChI is InChI=1S/C14H14ClNOS/c1-16-7-12-5-10-4-11(15)6-13(14(10)17-12)9-2-3-18-8-9/h2-4,6,8,12,16H,5,7H2,1H3/t12-/m0/s1. The zero-order valence-electron chi connectivity index (χ0n) is 10.1. The Morgan fingerprint density at radius 2 is 2.39 bits per heavy atom. The second kappa shape index (κ2) is 4.92. The van der Waals surface area contributed by atoms with Gasteiger partial charge in [0.25, 0.3) is 0 Å². The first-order valence-electron chi connectivity index (χ1n) is 5.94. The molecule has 0 radical (unpaired) electrons. The Morgan fingerprint density at radius 3 is 3.11 bits per heavy atom. The molecule has 2 aromatic rings. The van der Waals surface area contributed by atoms with Crippen LogP contribution in [0.4, 0.5) is 0 Å². The Hall–Kier alpha value is -1.03. The van der Waals surface area contributed by atoms with E-state index in [9.17, 15) is 0 Å². The monoisotopic (exact) mass is 279 g/mol. The fourth-order valence-electron chi connectivity index (χ4n) is 2.37. The number of thiophene rings is 1. The fourth-order valence-corrected chi connectivity index (χ4v) is 3.26. The predicted molar refractivity (Wildman–Crippen MR) is 76.8 cm³/mol. The van der Waals surface area contributed by atoms with Gasteiger partial charge in [-0.15, -0.1) is 0 Å². The number of ether oxygens (including phenoxy) is 1. The molecule has 18 heavy (non-hydrogen) atoms. The van der Waals surface area contributed by atoms with Gasteiger partial charge in [0.1, 0.15) is 11.9 Å². The number of fused-ring (bicyclic) bond motifs is 1. The summed E-state index contributed by atoms with van der Waals surface area (Å²) in [5.41, 5.74) is 3.50. The normalized spacial score (nSPS) is 17.6. The van der Waals surface area contributed by atoms with Crippen molar-refractivity contribution < 1.29 is 4.74 Å². The summed E-state index contributed by atoms with van der Waals surface area (Å²) in [6, 6.07) is 6.11. The van der Waals surface area contributed by atoms with Crippen LogP contribution in [-0.4, -0.2) is 19.7 Å². The number of hydrogen-bond acceptors (Lipinski definition) is 3. The third kappa shape index (κ3) is 2.14. The molecule has 2 nitrogen and oxygen atoms in total. The topological polar surface area (TPSA) is 21.3 Å². The van der Waals surface area contributed by atoms with E-state index in [1.165, 1.54) is 11.1 Å². The van der Waals surface area contributed by atoms with Crippen LogP contribution in [0, 0.1) is 0 Å². The SMILES string of the molecule is CNC[C@@H]1Cc2cc(Cl)cc(-c3ccsc3)c2O1. The van der Waals surface area contributed by atoms with Crippen molar-refractivity contribution in [2.24, 2.45) is 0 Å². The van der Waals surface area contributed by atoms with E-state index in [1.807, 2.05) is 19.2 Å². The summed E-state index contributed by atoms with van der Waals surface area (Å²) in [5, 5.41) is 8.14. The molecule has 4 heteroatoms. The Labute approximate surface area is 116 Å². The van der Waals surface area contributed by atoms with E-state index in [-0.39, 0.29) is 6.10 Å². The molecule has 1 aromatic heterocycles. The maximum absolute atomic E-state index is 6.20. The van der Waals surface area contributed by atoms with Crippen LogP contribution in [-0.2, 0) is 6.42 Å². The van der Waals surface area contributed by atoms with Crippen LogP contribution in [0.15, 0.2) is 29.0 Å². The Bertz CT molecular complexity index is 553. The number of rotatable bonds is 3. The molecule has 3 rings (SSSR count). The lowest BCUT2D eigenvalue weighted by molar-refractivity contribution is 0.232. The lowest BCUT2D eigenvalue weighted by Crippen LogP contribution is -2.27. The van der Waals surface area contributed by atoms with Crippen molar-refractivity contribution in [1.82, 2.24) is 5.32 Å². The molecule has 0 saturated carbocycles. The molecular formula is C14H14ClNOS. The molecular weight excluding hydrogens is 266 g/mol. The third-order valence-corrected chi connectivity index (χ3v) is 4.03. The summed E-state index contributed by atoms with van der Waals surface area (Å²) >= 11 is 7.89. The third-order valence-electron chi connectivity index (χ3n) is 3.13.